The maximum absolute atomic E-state index is 11.8. The fourth-order valence-corrected chi connectivity index (χ4v) is 2.69. The van der Waals surface area contributed by atoms with Gasteiger partial charge < -0.3 is 10.5 Å². The van der Waals surface area contributed by atoms with E-state index in [1.54, 1.807) is 6.08 Å². The van der Waals surface area contributed by atoms with Gasteiger partial charge in [-0.3, -0.25) is 9.48 Å². The van der Waals surface area contributed by atoms with Crippen LogP contribution < -0.4 is 5.73 Å². The number of nitrogens with two attached hydrogens (primary N) is 1. The average Bonchev–Trinajstić information content (AvgIpc) is 3.08. The molecular weight excluding hydrogens is 354 g/mol. The average molecular weight is 375 g/mol. The number of benzene rings is 2. The van der Waals surface area contributed by atoms with Crippen molar-refractivity contribution in [3.05, 3.63) is 83.6 Å². The smallest absolute Gasteiger partial charge is 0.331 e. The third kappa shape index (κ3) is 5.17. The van der Waals surface area contributed by atoms with Gasteiger partial charge in [-0.2, -0.15) is 5.10 Å². The minimum atomic E-state index is -0.697. The molecule has 1 heterocycles. The fourth-order valence-electron chi connectivity index (χ4n) is 2.69. The van der Waals surface area contributed by atoms with Crippen molar-refractivity contribution in [2.75, 3.05) is 6.61 Å². The molecule has 0 fully saturated rings. The molecule has 0 aliphatic rings. The standard InChI is InChI=1S/C22H21N3O3/c1-16-7-9-18(10-8-16)22-19(11-12-21(27)28-15-20(23)26)14-25(24-22)13-17-5-3-2-4-6-17/h2-12,14H,13,15H2,1H3,(H2,23,26)/b12-11+. The Kier molecular flexibility index (Phi) is 6.01. The van der Waals surface area contributed by atoms with Crippen molar-refractivity contribution in [3.63, 3.8) is 0 Å². The van der Waals surface area contributed by atoms with E-state index in [4.69, 9.17) is 15.6 Å². The van der Waals surface area contributed by atoms with Crippen molar-refractivity contribution in [2.24, 2.45) is 5.73 Å². The first-order chi connectivity index (χ1) is 13.5. The van der Waals surface area contributed by atoms with E-state index in [0.717, 1.165) is 27.9 Å². The number of ether oxygens (including phenoxy) is 1. The van der Waals surface area contributed by atoms with Crippen LogP contribution in [-0.2, 0) is 20.9 Å². The highest BCUT2D eigenvalue weighted by Crippen LogP contribution is 2.24. The summed E-state index contributed by atoms with van der Waals surface area (Å²) in [6, 6.07) is 18.0. The van der Waals surface area contributed by atoms with Crippen molar-refractivity contribution in [1.82, 2.24) is 9.78 Å². The molecule has 0 radical (unpaired) electrons. The van der Waals surface area contributed by atoms with Gasteiger partial charge in [-0.05, 0) is 18.6 Å². The van der Waals surface area contributed by atoms with Gasteiger partial charge in [0.1, 0.15) is 0 Å². The third-order valence-electron chi connectivity index (χ3n) is 4.06. The summed E-state index contributed by atoms with van der Waals surface area (Å²) < 4.78 is 6.59. The van der Waals surface area contributed by atoms with E-state index in [-0.39, 0.29) is 0 Å². The number of aromatic nitrogens is 2. The summed E-state index contributed by atoms with van der Waals surface area (Å²) in [4.78, 5) is 22.5. The van der Waals surface area contributed by atoms with Crippen molar-refractivity contribution in [1.29, 1.82) is 0 Å². The molecule has 0 aliphatic carbocycles. The lowest BCUT2D eigenvalue weighted by molar-refractivity contribution is -0.142. The van der Waals surface area contributed by atoms with Gasteiger partial charge in [0.05, 0.1) is 12.2 Å². The first-order valence-electron chi connectivity index (χ1n) is 8.83. The fraction of sp³-hybridized carbons (Fsp3) is 0.136. The maximum Gasteiger partial charge on any atom is 0.331 e. The van der Waals surface area contributed by atoms with Crippen molar-refractivity contribution >= 4 is 18.0 Å². The molecule has 1 amide bonds. The summed E-state index contributed by atoms with van der Waals surface area (Å²) in [7, 11) is 0. The Labute approximate surface area is 163 Å². The quantitative estimate of drug-likeness (QED) is 0.508. The molecule has 142 valence electrons. The largest absolute Gasteiger partial charge is 0.452 e. The molecule has 2 N–H and O–H groups in total. The van der Waals surface area contributed by atoms with Gasteiger partial charge in [0, 0.05) is 23.4 Å². The predicted octanol–water partition coefficient (Wildman–Crippen LogP) is 2.95. The number of carbonyl (C=O) groups is 2. The van der Waals surface area contributed by atoms with E-state index in [2.05, 4.69) is 0 Å². The van der Waals surface area contributed by atoms with Gasteiger partial charge in [0.25, 0.3) is 5.91 Å². The highest BCUT2D eigenvalue weighted by molar-refractivity contribution is 5.90. The van der Waals surface area contributed by atoms with Crippen LogP contribution in [0.15, 0.2) is 66.9 Å². The molecule has 0 aliphatic heterocycles. The third-order valence-corrected chi connectivity index (χ3v) is 4.06. The van der Waals surface area contributed by atoms with E-state index in [0.29, 0.717) is 6.54 Å². The van der Waals surface area contributed by atoms with Crippen LogP contribution in [-0.4, -0.2) is 28.3 Å². The molecule has 1 aromatic heterocycles. The molecule has 0 atom stereocenters. The Balaban J connectivity index is 1.88. The number of esters is 1. The second-order valence-electron chi connectivity index (χ2n) is 6.39. The normalized spacial score (nSPS) is 10.9. The molecule has 0 bridgehead atoms. The number of hydrogen-bond acceptors (Lipinski definition) is 4. The Morgan fingerprint density at radius 2 is 1.82 bits per heavy atom. The monoisotopic (exact) mass is 375 g/mol. The van der Waals surface area contributed by atoms with Crippen LogP contribution in [0.1, 0.15) is 16.7 Å². The molecule has 6 heteroatoms. The van der Waals surface area contributed by atoms with Gasteiger partial charge in [-0.15, -0.1) is 0 Å². The lowest BCUT2D eigenvalue weighted by atomic mass is 10.1. The van der Waals surface area contributed by atoms with E-state index in [1.807, 2.05) is 72.4 Å². The Morgan fingerprint density at radius 3 is 2.50 bits per heavy atom. The van der Waals surface area contributed by atoms with E-state index >= 15 is 0 Å². The molecule has 0 saturated heterocycles. The zero-order chi connectivity index (χ0) is 19.9. The minimum Gasteiger partial charge on any atom is -0.452 e. The number of nitrogens with zero attached hydrogens (tertiary/aromatic N) is 2. The zero-order valence-corrected chi connectivity index (χ0v) is 15.5. The number of amides is 1. The summed E-state index contributed by atoms with van der Waals surface area (Å²) in [6.45, 7) is 2.19. The first kappa shape index (κ1) is 19.1. The number of primary amides is 1. The van der Waals surface area contributed by atoms with Gasteiger partial charge in [-0.25, -0.2) is 4.79 Å². The summed E-state index contributed by atoms with van der Waals surface area (Å²) in [5, 5.41) is 4.70. The van der Waals surface area contributed by atoms with Gasteiger partial charge in [-0.1, -0.05) is 60.2 Å². The van der Waals surface area contributed by atoms with E-state index in [9.17, 15) is 9.59 Å². The van der Waals surface area contributed by atoms with Gasteiger partial charge in [0.15, 0.2) is 6.61 Å². The summed E-state index contributed by atoms with van der Waals surface area (Å²) in [5.41, 5.74) is 9.74. The highest BCUT2D eigenvalue weighted by Gasteiger charge is 2.11. The molecule has 28 heavy (non-hydrogen) atoms. The van der Waals surface area contributed by atoms with Crippen LogP contribution in [0.5, 0.6) is 0 Å². The zero-order valence-electron chi connectivity index (χ0n) is 15.5. The highest BCUT2D eigenvalue weighted by atomic mass is 16.5. The van der Waals surface area contributed by atoms with Gasteiger partial charge >= 0.3 is 5.97 Å². The second kappa shape index (κ2) is 8.81. The molecule has 3 aromatic rings. The van der Waals surface area contributed by atoms with Crippen molar-refractivity contribution in [3.8, 4) is 11.3 Å². The molecule has 0 spiro atoms. The number of aryl methyl sites for hydroxylation is 1. The number of hydrogen-bond donors (Lipinski definition) is 1. The van der Waals surface area contributed by atoms with Crippen molar-refractivity contribution < 1.29 is 14.3 Å². The molecule has 2 aromatic carbocycles. The van der Waals surface area contributed by atoms with Crippen LogP contribution in [0.3, 0.4) is 0 Å². The van der Waals surface area contributed by atoms with Crippen molar-refractivity contribution in [2.45, 2.75) is 13.5 Å². The van der Waals surface area contributed by atoms with Crippen LogP contribution in [0.4, 0.5) is 0 Å². The topological polar surface area (TPSA) is 87.2 Å². The summed E-state index contributed by atoms with van der Waals surface area (Å²) in [6.07, 6.45) is 4.78. The molecular formula is C22H21N3O3. The Bertz CT molecular complexity index is 990. The number of rotatable bonds is 7. The Hall–Kier alpha value is -3.67. The second-order valence-corrected chi connectivity index (χ2v) is 6.39. The van der Waals surface area contributed by atoms with Crippen LogP contribution >= 0.6 is 0 Å². The molecule has 0 unspecified atom stereocenters. The lowest BCUT2D eigenvalue weighted by Gasteiger charge is -2.02. The lowest BCUT2D eigenvalue weighted by Crippen LogP contribution is -2.19. The summed E-state index contributed by atoms with van der Waals surface area (Å²) >= 11 is 0. The number of carbonyl (C=O) groups excluding carboxylic acids is 2. The van der Waals surface area contributed by atoms with Crippen LogP contribution in [0.2, 0.25) is 0 Å². The first-order valence-corrected chi connectivity index (χ1v) is 8.83. The minimum absolute atomic E-state index is 0.443. The Morgan fingerprint density at radius 1 is 1.11 bits per heavy atom. The molecule has 0 saturated carbocycles. The van der Waals surface area contributed by atoms with Gasteiger partial charge in [0.2, 0.25) is 0 Å². The van der Waals surface area contributed by atoms with Crippen LogP contribution in [0, 0.1) is 6.92 Å². The predicted molar refractivity (Wildman–Crippen MR) is 107 cm³/mol. The maximum atomic E-state index is 11.8. The SMILES string of the molecule is Cc1ccc(-c2nn(Cc3ccccc3)cc2/C=C/C(=O)OCC(N)=O)cc1. The van der Waals surface area contributed by atoms with Crippen LogP contribution in [0.25, 0.3) is 17.3 Å². The van der Waals surface area contributed by atoms with E-state index < -0.39 is 18.5 Å². The summed E-state index contributed by atoms with van der Waals surface area (Å²) in [5.74, 6) is -1.33. The molecule has 3 rings (SSSR count). The van der Waals surface area contributed by atoms with E-state index in [1.165, 1.54) is 6.08 Å². The molecule has 6 nitrogen and oxygen atoms in total.